The number of rotatable bonds is 6. The van der Waals surface area contributed by atoms with Gasteiger partial charge in [0.15, 0.2) is 0 Å². The number of likely N-dealkylation sites (N-methyl/N-ethyl adjacent to an activating group) is 1. The molecule has 0 saturated carbocycles. The fraction of sp³-hybridized carbons (Fsp3) is 1.00. The van der Waals surface area contributed by atoms with Gasteiger partial charge in [0.2, 0.25) is 0 Å². The lowest BCUT2D eigenvalue weighted by Crippen LogP contribution is -2.55. The zero-order valence-corrected chi connectivity index (χ0v) is 13.2. The minimum absolute atomic E-state index is 0.0717. The first-order valence-corrected chi connectivity index (χ1v) is 7.80. The number of hydrogen-bond acceptors (Lipinski definition) is 4. The van der Waals surface area contributed by atoms with Gasteiger partial charge in [-0.15, -0.1) is 0 Å². The molecule has 1 rings (SSSR count). The molecular formula is C15H33N3O. The lowest BCUT2D eigenvalue weighted by atomic mass is 9.96. The SMILES string of the molecule is CCC1CN(C)CCCN1C(CO)C(N)CC(C)C. The zero-order valence-electron chi connectivity index (χ0n) is 13.2. The van der Waals surface area contributed by atoms with E-state index in [2.05, 4.69) is 37.6 Å². The lowest BCUT2D eigenvalue weighted by Gasteiger charge is -2.39. The predicted octanol–water partition coefficient (Wildman–Crippen LogP) is 1.14. The molecule has 19 heavy (non-hydrogen) atoms. The normalized spacial score (nSPS) is 26.4. The van der Waals surface area contributed by atoms with Crippen LogP contribution in [-0.4, -0.2) is 66.3 Å². The van der Waals surface area contributed by atoms with E-state index in [4.69, 9.17) is 5.73 Å². The molecule has 1 aliphatic heterocycles. The fourth-order valence-corrected chi connectivity index (χ4v) is 3.25. The van der Waals surface area contributed by atoms with Gasteiger partial charge >= 0.3 is 0 Å². The second kappa shape index (κ2) is 8.20. The number of aliphatic hydroxyl groups excluding tert-OH is 1. The van der Waals surface area contributed by atoms with Crippen molar-refractivity contribution >= 4 is 0 Å². The average Bonchev–Trinajstić information content (AvgIpc) is 2.51. The molecule has 0 aromatic carbocycles. The maximum absolute atomic E-state index is 9.80. The Morgan fingerprint density at radius 1 is 1.32 bits per heavy atom. The zero-order chi connectivity index (χ0) is 14.4. The summed E-state index contributed by atoms with van der Waals surface area (Å²) in [5, 5.41) is 9.80. The van der Waals surface area contributed by atoms with Crippen molar-refractivity contribution in [3.8, 4) is 0 Å². The molecule has 3 atom stereocenters. The van der Waals surface area contributed by atoms with Crippen molar-refractivity contribution in [3.63, 3.8) is 0 Å². The highest BCUT2D eigenvalue weighted by Gasteiger charge is 2.31. The number of aliphatic hydroxyl groups is 1. The van der Waals surface area contributed by atoms with E-state index >= 15 is 0 Å². The third kappa shape index (κ3) is 5.03. The highest BCUT2D eigenvalue weighted by atomic mass is 16.3. The van der Waals surface area contributed by atoms with Gasteiger partial charge in [0.1, 0.15) is 0 Å². The van der Waals surface area contributed by atoms with Crippen molar-refractivity contribution < 1.29 is 5.11 Å². The molecule has 0 aliphatic carbocycles. The van der Waals surface area contributed by atoms with E-state index in [0.29, 0.717) is 12.0 Å². The monoisotopic (exact) mass is 271 g/mol. The molecule has 4 heteroatoms. The fourth-order valence-electron chi connectivity index (χ4n) is 3.25. The van der Waals surface area contributed by atoms with Crippen molar-refractivity contribution in [2.75, 3.05) is 33.3 Å². The van der Waals surface area contributed by atoms with Crippen LogP contribution in [0.1, 0.15) is 40.0 Å². The molecule has 1 heterocycles. The van der Waals surface area contributed by atoms with Crippen LogP contribution in [0.3, 0.4) is 0 Å². The Hall–Kier alpha value is -0.160. The third-order valence-electron chi connectivity index (χ3n) is 4.27. The molecule has 0 amide bonds. The Morgan fingerprint density at radius 3 is 2.53 bits per heavy atom. The van der Waals surface area contributed by atoms with Crippen molar-refractivity contribution in [1.29, 1.82) is 0 Å². The first-order chi connectivity index (χ1) is 8.99. The molecule has 0 aromatic heterocycles. The maximum Gasteiger partial charge on any atom is 0.0602 e. The summed E-state index contributed by atoms with van der Waals surface area (Å²) >= 11 is 0. The molecule has 4 nitrogen and oxygen atoms in total. The first-order valence-electron chi connectivity index (χ1n) is 7.80. The number of nitrogens with zero attached hydrogens (tertiary/aromatic N) is 2. The van der Waals surface area contributed by atoms with E-state index < -0.39 is 0 Å². The third-order valence-corrected chi connectivity index (χ3v) is 4.27. The van der Waals surface area contributed by atoms with E-state index in [1.165, 1.54) is 0 Å². The first kappa shape index (κ1) is 16.9. The molecule has 0 radical (unpaired) electrons. The van der Waals surface area contributed by atoms with Crippen LogP contribution in [0.5, 0.6) is 0 Å². The Labute approximate surface area is 118 Å². The average molecular weight is 271 g/mol. The minimum Gasteiger partial charge on any atom is -0.395 e. The molecule has 0 bridgehead atoms. The van der Waals surface area contributed by atoms with Crippen LogP contribution >= 0.6 is 0 Å². The minimum atomic E-state index is 0.0717. The Bertz CT molecular complexity index is 248. The van der Waals surface area contributed by atoms with Gasteiger partial charge < -0.3 is 15.7 Å². The van der Waals surface area contributed by atoms with Gasteiger partial charge in [-0.05, 0) is 38.8 Å². The van der Waals surface area contributed by atoms with Crippen LogP contribution in [-0.2, 0) is 0 Å². The summed E-state index contributed by atoms with van der Waals surface area (Å²) in [6.45, 7) is 10.1. The standard InChI is InChI=1S/C15H33N3O/c1-5-13-10-17(4)7-6-8-18(13)15(11-19)14(16)9-12(2)3/h12-15,19H,5-11,16H2,1-4H3. The number of hydrogen-bond donors (Lipinski definition) is 2. The quantitative estimate of drug-likeness (QED) is 0.760. The molecule has 3 unspecified atom stereocenters. The highest BCUT2D eigenvalue weighted by molar-refractivity contribution is 4.89. The Kier molecular flexibility index (Phi) is 7.29. The van der Waals surface area contributed by atoms with Gasteiger partial charge in [-0.3, -0.25) is 4.90 Å². The van der Waals surface area contributed by atoms with E-state index in [0.717, 1.165) is 38.9 Å². The van der Waals surface area contributed by atoms with Crippen molar-refractivity contribution in [3.05, 3.63) is 0 Å². The van der Waals surface area contributed by atoms with Gasteiger partial charge in [-0.25, -0.2) is 0 Å². The highest BCUT2D eigenvalue weighted by Crippen LogP contribution is 2.19. The Balaban J connectivity index is 2.75. The summed E-state index contributed by atoms with van der Waals surface area (Å²) < 4.78 is 0. The van der Waals surface area contributed by atoms with E-state index in [1.807, 2.05) is 0 Å². The molecule has 3 N–H and O–H groups in total. The Morgan fingerprint density at radius 2 is 2.00 bits per heavy atom. The van der Waals surface area contributed by atoms with E-state index in [9.17, 15) is 5.11 Å². The number of nitrogens with two attached hydrogens (primary N) is 1. The maximum atomic E-state index is 9.80. The molecule has 0 spiro atoms. The topological polar surface area (TPSA) is 52.7 Å². The van der Waals surface area contributed by atoms with Gasteiger partial charge in [0.05, 0.1) is 6.61 Å². The summed E-state index contributed by atoms with van der Waals surface area (Å²) in [7, 11) is 2.19. The van der Waals surface area contributed by atoms with Crippen LogP contribution < -0.4 is 5.73 Å². The summed E-state index contributed by atoms with van der Waals surface area (Å²) in [4.78, 5) is 4.87. The molecule has 1 fully saturated rings. The van der Waals surface area contributed by atoms with Gasteiger partial charge in [-0.2, -0.15) is 0 Å². The van der Waals surface area contributed by atoms with Crippen LogP contribution in [0.25, 0.3) is 0 Å². The van der Waals surface area contributed by atoms with E-state index in [-0.39, 0.29) is 18.7 Å². The summed E-state index contributed by atoms with van der Waals surface area (Å²) in [6, 6.07) is 0.698. The van der Waals surface area contributed by atoms with Crippen LogP contribution in [0.2, 0.25) is 0 Å². The van der Waals surface area contributed by atoms with Crippen LogP contribution in [0.4, 0.5) is 0 Å². The van der Waals surface area contributed by atoms with Crippen LogP contribution in [0.15, 0.2) is 0 Å². The second-order valence-corrected chi connectivity index (χ2v) is 6.46. The second-order valence-electron chi connectivity index (χ2n) is 6.46. The van der Waals surface area contributed by atoms with Gasteiger partial charge in [0.25, 0.3) is 0 Å². The largest absolute Gasteiger partial charge is 0.395 e. The predicted molar refractivity (Wildman–Crippen MR) is 81.2 cm³/mol. The summed E-state index contributed by atoms with van der Waals surface area (Å²) in [6.07, 6.45) is 3.27. The van der Waals surface area contributed by atoms with Crippen molar-refractivity contribution in [1.82, 2.24) is 9.80 Å². The van der Waals surface area contributed by atoms with Crippen molar-refractivity contribution in [2.24, 2.45) is 11.7 Å². The summed E-state index contributed by atoms with van der Waals surface area (Å²) in [5.41, 5.74) is 6.35. The molecule has 114 valence electrons. The molecular weight excluding hydrogens is 238 g/mol. The van der Waals surface area contributed by atoms with Crippen LogP contribution in [0, 0.1) is 5.92 Å². The van der Waals surface area contributed by atoms with E-state index in [1.54, 1.807) is 0 Å². The smallest absolute Gasteiger partial charge is 0.0602 e. The van der Waals surface area contributed by atoms with Crippen molar-refractivity contribution in [2.45, 2.75) is 58.2 Å². The van der Waals surface area contributed by atoms with Gasteiger partial charge in [-0.1, -0.05) is 20.8 Å². The summed E-state index contributed by atoms with van der Waals surface area (Å²) in [5.74, 6) is 0.582. The van der Waals surface area contributed by atoms with Gasteiger partial charge in [0, 0.05) is 31.2 Å². The molecule has 1 saturated heterocycles. The molecule has 1 aliphatic rings. The molecule has 0 aromatic rings. The lowest BCUT2D eigenvalue weighted by molar-refractivity contribution is 0.0612.